The second kappa shape index (κ2) is 12.7. The van der Waals surface area contributed by atoms with E-state index in [1.165, 1.54) is 61.7 Å². The lowest BCUT2D eigenvalue weighted by Crippen LogP contribution is -2.48. The Morgan fingerprint density at radius 3 is 2.39 bits per heavy atom. The molecule has 0 aromatic heterocycles. The van der Waals surface area contributed by atoms with Crippen LogP contribution in [0.15, 0.2) is 5.10 Å². The molecule has 176 valence electrons. The fraction of sp³-hybridized carbons (Fsp3) is 0.870. The smallest absolute Gasteiger partial charge is 0.341 e. The molecule has 2 saturated carbocycles. The molecule has 0 spiro atoms. The number of urea groups is 1. The lowest BCUT2D eigenvalue weighted by Gasteiger charge is -2.24. The standard InChI is InChI=1S/C23H40N4O3S/c1-26(2)16-17-31-23-25-27(22(29)24-19-12-8-3-4-9-13-19)21(30-23)20(28)15-14-18-10-6-5-7-11-18/h18-19,21H,3-17H2,1-2H3,(H,24,29). The van der Waals surface area contributed by atoms with Crippen molar-refractivity contribution in [3.8, 4) is 0 Å². The van der Waals surface area contributed by atoms with Crippen LogP contribution in [-0.4, -0.2) is 65.6 Å². The van der Waals surface area contributed by atoms with Crippen molar-refractivity contribution < 1.29 is 14.3 Å². The van der Waals surface area contributed by atoms with Crippen molar-refractivity contribution >= 4 is 28.8 Å². The highest BCUT2D eigenvalue weighted by Gasteiger charge is 2.39. The Labute approximate surface area is 191 Å². The lowest BCUT2D eigenvalue weighted by molar-refractivity contribution is -0.131. The number of nitrogens with zero attached hydrogens (tertiary/aromatic N) is 3. The van der Waals surface area contributed by atoms with Gasteiger partial charge in [-0.3, -0.25) is 4.79 Å². The zero-order chi connectivity index (χ0) is 22.1. The van der Waals surface area contributed by atoms with Crippen molar-refractivity contribution in [3.63, 3.8) is 0 Å². The topological polar surface area (TPSA) is 74.2 Å². The largest absolute Gasteiger partial charge is 0.438 e. The molecule has 1 heterocycles. The molecule has 1 aliphatic heterocycles. The van der Waals surface area contributed by atoms with Crippen molar-refractivity contribution in [1.82, 2.24) is 15.2 Å². The highest BCUT2D eigenvalue weighted by atomic mass is 32.2. The van der Waals surface area contributed by atoms with Crippen molar-refractivity contribution in [2.75, 3.05) is 26.4 Å². The molecule has 3 rings (SSSR count). The average Bonchev–Trinajstić information content (AvgIpc) is 3.02. The van der Waals surface area contributed by atoms with Gasteiger partial charge in [-0.25, -0.2) is 4.79 Å². The van der Waals surface area contributed by atoms with Crippen LogP contribution in [0.1, 0.15) is 83.5 Å². The number of hydrogen-bond donors (Lipinski definition) is 1. The van der Waals surface area contributed by atoms with Gasteiger partial charge in [0.05, 0.1) is 0 Å². The summed E-state index contributed by atoms with van der Waals surface area (Å²) in [4.78, 5) is 28.2. The van der Waals surface area contributed by atoms with E-state index in [0.29, 0.717) is 17.6 Å². The minimum atomic E-state index is -0.920. The number of ketones is 1. The zero-order valence-corrected chi connectivity index (χ0v) is 20.1. The SMILES string of the molecule is CN(C)CCSC1=NN(C(=O)NC2CCCCCC2)C(C(=O)CCC2CCCCC2)O1. The predicted octanol–water partition coefficient (Wildman–Crippen LogP) is 4.57. The molecule has 2 aliphatic carbocycles. The number of amides is 2. The van der Waals surface area contributed by atoms with E-state index in [2.05, 4.69) is 15.3 Å². The van der Waals surface area contributed by atoms with Gasteiger partial charge < -0.3 is 15.0 Å². The summed E-state index contributed by atoms with van der Waals surface area (Å²) >= 11 is 1.46. The van der Waals surface area contributed by atoms with Crippen LogP contribution in [0.3, 0.4) is 0 Å². The van der Waals surface area contributed by atoms with E-state index in [9.17, 15) is 9.59 Å². The maximum absolute atomic E-state index is 13.0. The number of nitrogens with one attached hydrogen (secondary N) is 1. The van der Waals surface area contributed by atoms with E-state index in [4.69, 9.17) is 4.74 Å². The quantitative estimate of drug-likeness (QED) is 0.546. The Hall–Kier alpha value is -1.28. The minimum Gasteiger partial charge on any atom is -0.438 e. The molecule has 1 unspecified atom stereocenters. The summed E-state index contributed by atoms with van der Waals surface area (Å²) in [6.07, 6.45) is 13.4. The van der Waals surface area contributed by atoms with E-state index in [0.717, 1.165) is 44.4 Å². The third-order valence-corrected chi connectivity index (χ3v) is 7.39. The first-order valence-electron chi connectivity index (χ1n) is 12.2. The van der Waals surface area contributed by atoms with Gasteiger partial charge in [0.2, 0.25) is 0 Å². The van der Waals surface area contributed by atoms with Crippen LogP contribution in [0.4, 0.5) is 4.79 Å². The molecule has 1 N–H and O–H groups in total. The number of hydrazone groups is 1. The normalized spacial score (nSPS) is 23.4. The average molecular weight is 453 g/mol. The fourth-order valence-corrected chi connectivity index (χ4v) is 5.59. The van der Waals surface area contributed by atoms with Crippen molar-refractivity contribution in [1.29, 1.82) is 0 Å². The first-order valence-corrected chi connectivity index (χ1v) is 13.2. The summed E-state index contributed by atoms with van der Waals surface area (Å²) in [5, 5.41) is 9.22. The van der Waals surface area contributed by atoms with Crippen LogP contribution in [-0.2, 0) is 9.53 Å². The van der Waals surface area contributed by atoms with Crippen LogP contribution in [0.2, 0.25) is 0 Å². The van der Waals surface area contributed by atoms with Gasteiger partial charge in [0.25, 0.3) is 11.5 Å². The van der Waals surface area contributed by atoms with Crippen LogP contribution >= 0.6 is 11.8 Å². The fourth-order valence-electron chi connectivity index (χ4n) is 4.65. The Kier molecular flexibility index (Phi) is 9.96. The second-order valence-electron chi connectivity index (χ2n) is 9.48. The number of carbonyl (C=O) groups is 2. The molecule has 0 saturated heterocycles. The Balaban J connectivity index is 1.58. The zero-order valence-electron chi connectivity index (χ0n) is 19.3. The van der Waals surface area contributed by atoms with E-state index < -0.39 is 6.23 Å². The Morgan fingerprint density at radius 2 is 1.71 bits per heavy atom. The van der Waals surface area contributed by atoms with Crippen LogP contribution < -0.4 is 5.32 Å². The number of rotatable bonds is 8. The third kappa shape index (κ3) is 7.97. The summed E-state index contributed by atoms with van der Waals surface area (Å²) in [5.41, 5.74) is 0. The summed E-state index contributed by atoms with van der Waals surface area (Å²) in [5.74, 6) is 1.39. The highest BCUT2D eigenvalue weighted by Crippen LogP contribution is 2.29. The molecule has 3 aliphatic rings. The molecule has 0 aromatic carbocycles. The van der Waals surface area contributed by atoms with Gasteiger partial charge in [-0.1, -0.05) is 69.5 Å². The number of carbonyl (C=O) groups excluding carboxylic acids is 2. The predicted molar refractivity (Wildman–Crippen MR) is 126 cm³/mol. The molecule has 1 atom stereocenters. The number of ether oxygens (including phenoxy) is 1. The van der Waals surface area contributed by atoms with Gasteiger partial charge in [-0.15, -0.1) is 5.10 Å². The van der Waals surface area contributed by atoms with E-state index >= 15 is 0 Å². The number of hydrogen-bond acceptors (Lipinski definition) is 6. The van der Waals surface area contributed by atoms with Crippen molar-refractivity contribution in [3.05, 3.63) is 0 Å². The summed E-state index contributed by atoms with van der Waals surface area (Å²) in [6.45, 7) is 0.877. The molecule has 8 heteroatoms. The van der Waals surface area contributed by atoms with Crippen LogP contribution in [0, 0.1) is 5.92 Å². The number of thioether (sulfide) groups is 1. The molecule has 0 aromatic rings. The van der Waals surface area contributed by atoms with E-state index in [1.807, 2.05) is 14.1 Å². The molecule has 2 amide bonds. The first kappa shape index (κ1) is 24.4. The van der Waals surface area contributed by atoms with E-state index in [1.54, 1.807) is 0 Å². The first-order chi connectivity index (χ1) is 15.0. The minimum absolute atomic E-state index is 0.0338. The van der Waals surface area contributed by atoms with Gasteiger partial charge in [0.1, 0.15) is 0 Å². The van der Waals surface area contributed by atoms with Gasteiger partial charge in [-0.2, -0.15) is 5.01 Å². The highest BCUT2D eigenvalue weighted by molar-refractivity contribution is 8.13. The Morgan fingerprint density at radius 1 is 1.06 bits per heavy atom. The molecular formula is C23H40N4O3S. The molecule has 0 bridgehead atoms. The van der Waals surface area contributed by atoms with Gasteiger partial charge in [0, 0.05) is 24.8 Å². The number of Topliss-reactive ketones (excluding diaryl/α,β-unsaturated/α-hetero) is 1. The van der Waals surface area contributed by atoms with Crippen molar-refractivity contribution in [2.45, 2.75) is 95.7 Å². The van der Waals surface area contributed by atoms with Gasteiger partial charge in [0.15, 0.2) is 5.78 Å². The molecule has 0 radical (unpaired) electrons. The molecular weight excluding hydrogens is 412 g/mol. The maximum atomic E-state index is 13.0. The lowest BCUT2D eigenvalue weighted by atomic mass is 9.85. The molecule has 7 nitrogen and oxygen atoms in total. The second-order valence-corrected chi connectivity index (χ2v) is 10.5. The van der Waals surface area contributed by atoms with Gasteiger partial charge >= 0.3 is 6.03 Å². The molecule has 31 heavy (non-hydrogen) atoms. The van der Waals surface area contributed by atoms with Crippen molar-refractivity contribution in [2.24, 2.45) is 11.0 Å². The van der Waals surface area contributed by atoms with E-state index in [-0.39, 0.29) is 17.9 Å². The van der Waals surface area contributed by atoms with Crippen LogP contribution in [0.25, 0.3) is 0 Å². The third-order valence-electron chi connectivity index (χ3n) is 6.58. The van der Waals surface area contributed by atoms with Gasteiger partial charge in [-0.05, 0) is 39.3 Å². The monoisotopic (exact) mass is 452 g/mol. The Bertz CT molecular complexity index is 614. The summed E-state index contributed by atoms with van der Waals surface area (Å²) in [6, 6.07) is -0.139. The van der Waals surface area contributed by atoms with Crippen LogP contribution in [0.5, 0.6) is 0 Å². The summed E-state index contributed by atoms with van der Waals surface area (Å²) in [7, 11) is 4.03. The maximum Gasteiger partial charge on any atom is 0.341 e. The summed E-state index contributed by atoms with van der Waals surface area (Å²) < 4.78 is 5.90. The molecule has 2 fully saturated rings.